The summed E-state index contributed by atoms with van der Waals surface area (Å²) in [6.45, 7) is 0.613. The van der Waals surface area contributed by atoms with E-state index in [2.05, 4.69) is 4.98 Å². The predicted octanol–water partition coefficient (Wildman–Crippen LogP) is 5.54. The molecular weight excluding hydrogens is 416 g/mol. The fourth-order valence-electron chi connectivity index (χ4n) is 3.53. The number of nitrogens with zero attached hydrogens (tertiary/aromatic N) is 1. The zero-order valence-corrected chi connectivity index (χ0v) is 17.6. The zero-order valence-electron chi connectivity index (χ0n) is 17.6. The first-order valence-corrected chi connectivity index (χ1v) is 10.3. The predicted molar refractivity (Wildman–Crippen MR) is 115 cm³/mol. The van der Waals surface area contributed by atoms with E-state index in [1.54, 1.807) is 24.4 Å². The van der Waals surface area contributed by atoms with Crippen molar-refractivity contribution >= 4 is 5.97 Å². The van der Waals surface area contributed by atoms with Crippen molar-refractivity contribution in [2.75, 3.05) is 13.7 Å². The van der Waals surface area contributed by atoms with Crippen molar-refractivity contribution in [3.8, 4) is 22.8 Å². The number of rotatable bonds is 8. The largest absolute Gasteiger partial charge is 0.489 e. The highest BCUT2D eigenvalue weighted by Gasteiger charge is 2.45. The van der Waals surface area contributed by atoms with Crippen LogP contribution in [0.15, 0.2) is 66.9 Å². The molecule has 4 rings (SSSR count). The lowest BCUT2D eigenvalue weighted by Gasteiger charge is -2.34. The molecule has 3 aromatic rings. The second-order valence-electron chi connectivity index (χ2n) is 7.83. The van der Waals surface area contributed by atoms with E-state index < -0.39 is 5.92 Å². The smallest absolute Gasteiger partial charge is 0.337 e. The molecule has 0 atom stereocenters. The fraction of sp³-hybridized carbons (Fsp3) is 0.280. The minimum Gasteiger partial charge on any atom is -0.489 e. The highest BCUT2D eigenvalue weighted by Crippen LogP contribution is 2.42. The lowest BCUT2D eigenvalue weighted by Crippen LogP contribution is -2.38. The number of benzene rings is 2. The zero-order chi connectivity index (χ0) is 22.6. The molecule has 0 saturated heterocycles. The van der Waals surface area contributed by atoms with Crippen LogP contribution in [0, 0.1) is 5.92 Å². The fourth-order valence-corrected chi connectivity index (χ4v) is 3.53. The van der Waals surface area contributed by atoms with E-state index in [1.807, 2.05) is 42.5 Å². The molecule has 0 bridgehead atoms. The van der Waals surface area contributed by atoms with Crippen molar-refractivity contribution in [3.63, 3.8) is 0 Å². The summed E-state index contributed by atoms with van der Waals surface area (Å²) in [6.07, 6.45) is 1.45. The van der Waals surface area contributed by atoms with Gasteiger partial charge in [0.2, 0.25) is 11.8 Å². The molecule has 1 aliphatic rings. The Balaban J connectivity index is 1.32. The van der Waals surface area contributed by atoms with E-state index in [1.165, 1.54) is 7.11 Å². The number of methoxy groups -OCH3 is 1. The molecule has 0 amide bonds. The van der Waals surface area contributed by atoms with Crippen LogP contribution in [0.25, 0.3) is 11.1 Å². The van der Waals surface area contributed by atoms with Gasteiger partial charge in [-0.15, -0.1) is 0 Å². The molecule has 0 spiro atoms. The summed E-state index contributed by atoms with van der Waals surface area (Å²) in [4.78, 5) is 15.8. The number of pyridine rings is 1. The van der Waals surface area contributed by atoms with Crippen molar-refractivity contribution in [2.45, 2.75) is 25.4 Å². The van der Waals surface area contributed by atoms with Crippen LogP contribution in [0.2, 0.25) is 0 Å². The van der Waals surface area contributed by atoms with Crippen LogP contribution >= 0.6 is 0 Å². The maximum Gasteiger partial charge on any atom is 0.337 e. The Morgan fingerprint density at radius 3 is 2.47 bits per heavy atom. The number of carbonyl (C=O) groups excluding carboxylic acids is 1. The van der Waals surface area contributed by atoms with E-state index in [9.17, 15) is 13.6 Å². The maximum absolute atomic E-state index is 12.9. The van der Waals surface area contributed by atoms with Crippen LogP contribution in [0.3, 0.4) is 0 Å². The topological polar surface area (TPSA) is 57.7 Å². The number of hydrogen-bond acceptors (Lipinski definition) is 5. The summed E-state index contributed by atoms with van der Waals surface area (Å²) >= 11 is 0. The molecule has 1 aliphatic carbocycles. The molecule has 166 valence electrons. The normalized spacial score (nSPS) is 15.0. The molecule has 0 radical (unpaired) electrons. The molecule has 7 heteroatoms. The summed E-state index contributed by atoms with van der Waals surface area (Å²) in [5.74, 6) is -1.90. The van der Waals surface area contributed by atoms with Crippen molar-refractivity contribution in [1.29, 1.82) is 0 Å². The standard InChI is InChI=1S/C25H23F2NO4/c1-30-24(29)19-7-5-17(6-8-19)15-31-22-4-2-3-20(11-22)21-9-10-23(28-14-21)32-16-18-12-25(26,27)13-18/h2-11,14,18H,12-13,15-16H2,1H3. The Morgan fingerprint density at radius 1 is 1.03 bits per heavy atom. The molecular formula is C25H23F2NO4. The number of alkyl halides is 2. The number of esters is 1. The molecule has 1 heterocycles. The molecule has 1 aromatic heterocycles. The van der Waals surface area contributed by atoms with Gasteiger partial charge in [-0.2, -0.15) is 0 Å². The SMILES string of the molecule is COC(=O)c1ccc(COc2cccc(-c3ccc(OCC4CC(F)(F)C4)nc3)c2)cc1. The number of halogens is 2. The van der Waals surface area contributed by atoms with Gasteiger partial charge >= 0.3 is 5.97 Å². The quantitative estimate of drug-likeness (QED) is 0.432. The third-order valence-corrected chi connectivity index (χ3v) is 5.33. The highest BCUT2D eigenvalue weighted by molar-refractivity contribution is 5.89. The van der Waals surface area contributed by atoms with Gasteiger partial charge in [0.1, 0.15) is 12.4 Å². The monoisotopic (exact) mass is 439 g/mol. The lowest BCUT2D eigenvalue weighted by molar-refractivity contribution is -0.119. The number of ether oxygens (including phenoxy) is 3. The Kier molecular flexibility index (Phi) is 6.35. The molecule has 5 nitrogen and oxygen atoms in total. The van der Waals surface area contributed by atoms with E-state index in [4.69, 9.17) is 14.2 Å². The van der Waals surface area contributed by atoms with Crippen LogP contribution in [0.5, 0.6) is 11.6 Å². The van der Waals surface area contributed by atoms with Crippen LogP contribution in [0.4, 0.5) is 8.78 Å². The molecule has 0 N–H and O–H groups in total. The van der Waals surface area contributed by atoms with Crippen molar-refractivity contribution in [2.24, 2.45) is 5.92 Å². The average Bonchev–Trinajstić information content (AvgIpc) is 2.80. The van der Waals surface area contributed by atoms with Crippen molar-refractivity contribution in [1.82, 2.24) is 4.98 Å². The van der Waals surface area contributed by atoms with Gasteiger partial charge in [-0.1, -0.05) is 24.3 Å². The maximum atomic E-state index is 12.9. The Morgan fingerprint density at radius 2 is 1.81 bits per heavy atom. The van der Waals surface area contributed by atoms with Gasteiger partial charge in [0.15, 0.2) is 0 Å². The van der Waals surface area contributed by atoms with Crippen LogP contribution in [-0.2, 0) is 11.3 Å². The van der Waals surface area contributed by atoms with Crippen LogP contribution in [0.1, 0.15) is 28.8 Å². The van der Waals surface area contributed by atoms with Gasteiger partial charge in [-0.25, -0.2) is 18.6 Å². The van der Waals surface area contributed by atoms with Crippen molar-refractivity contribution < 1.29 is 27.8 Å². The molecule has 32 heavy (non-hydrogen) atoms. The Bertz CT molecular complexity index is 1060. The van der Waals surface area contributed by atoms with E-state index >= 15 is 0 Å². The summed E-state index contributed by atoms with van der Waals surface area (Å²) in [6, 6.07) is 18.3. The van der Waals surface area contributed by atoms with Gasteiger partial charge in [0, 0.05) is 36.6 Å². The average molecular weight is 439 g/mol. The number of aromatic nitrogens is 1. The van der Waals surface area contributed by atoms with E-state index in [-0.39, 0.29) is 31.3 Å². The Labute approximate surface area is 185 Å². The van der Waals surface area contributed by atoms with E-state index in [0.29, 0.717) is 23.8 Å². The minimum absolute atomic E-state index is 0.114. The Hall–Kier alpha value is -3.48. The van der Waals surface area contributed by atoms with Gasteiger partial charge in [0.05, 0.1) is 19.3 Å². The summed E-state index contributed by atoms with van der Waals surface area (Å²) in [5.41, 5.74) is 3.24. The summed E-state index contributed by atoms with van der Waals surface area (Å²) in [5, 5.41) is 0. The molecule has 2 aromatic carbocycles. The second-order valence-corrected chi connectivity index (χ2v) is 7.83. The van der Waals surface area contributed by atoms with Crippen LogP contribution in [-0.4, -0.2) is 30.6 Å². The van der Waals surface area contributed by atoms with E-state index in [0.717, 1.165) is 16.7 Å². The number of carbonyl (C=O) groups is 1. The highest BCUT2D eigenvalue weighted by atomic mass is 19.3. The molecule has 0 unspecified atom stereocenters. The molecule has 1 saturated carbocycles. The van der Waals surface area contributed by atoms with Gasteiger partial charge in [-0.05, 0) is 41.5 Å². The molecule has 0 aliphatic heterocycles. The van der Waals surface area contributed by atoms with Crippen molar-refractivity contribution in [3.05, 3.63) is 78.0 Å². The van der Waals surface area contributed by atoms with Gasteiger partial charge < -0.3 is 14.2 Å². The first-order chi connectivity index (χ1) is 15.4. The second kappa shape index (κ2) is 9.34. The lowest BCUT2D eigenvalue weighted by atomic mass is 9.82. The van der Waals surface area contributed by atoms with Gasteiger partial charge in [0.25, 0.3) is 0 Å². The minimum atomic E-state index is -2.54. The molecule has 1 fully saturated rings. The first kappa shape index (κ1) is 21.7. The first-order valence-electron chi connectivity index (χ1n) is 10.3. The summed E-state index contributed by atoms with van der Waals surface area (Å²) in [7, 11) is 1.35. The van der Waals surface area contributed by atoms with Gasteiger partial charge in [-0.3, -0.25) is 0 Å². The summed E-state index contributed by atoms with van der Waals surface area (Å²) < 4.78 is 41.9. The third kappa shape index (κ3) is 5.41. The number of hydrogen-bond donors (Lipinski definition) is 0. The van der Waals surface area contributed by atoms with Crippen LogP contribution < -0.4 is 9.47 Å². The third-order valence-electron chi connectivity index (χ3n) is 5.33.